The first-order valence-corrected chi connectivity index (χ1v) is 4.70. The molecule has 0 bridgehead atoms. The summed E-state index contributed by atoms with van der Waals surface area (Å²) in [6, 6.07) is 8.55. The van der Waals surface area contributed by atoms with E-state index in [-0.39, 0.29) is 0 Å². The van der Waals surface area contributed by atoms with Crippen molar-refractivity contribution in [1.29, 1.82) is 5.41 Å². The molecule has 0 saturated carbocycles. The molecule has 0 saturated heterocycles. The van der Waals surface area contributed by atoms with Crippen molar-refractivity contribution in [3.8, 4) is 0 Å². The normalized spacial score (nSPS) is 11.6. The Morgan fingerprint density at radius 3 is 2.62 bits per heavy atom. The lowest BCUT2D eigenvalue weighted by Crippen LogP contribution is -2.41. The van der Waals surface area contributed by atoms with Gasteiger partial charge in [0.2, 0.25) is 5.96 Å². The van der Waals surface area contributed by atoms with Gasteiger partial charge >= 0.3 is 5.97 Å². The molecule has 1 atom stereocenters. The van der Waals surface area contributed by atoms with Crippen LogP contribution in [-0.2, 0) is 16.1 Å². The topological polar surface area (TPSA) is 114 Å². The van der Waals surface area contributed by atoms with Crippen LogP contribution in [0, 0.1) is 5.41 Å². The van der Waals surface area contributed by atoms with Gasteiger partial charge in [0.25, 0.3) is 0 Å². The summed E-state index contributed by atoms with van der Waals surface area (Å²) in [4.78, 5) is 15.8. The summed E-state index contributed by atoms with van der Waals surface area (Å²) in [6.07, 6.45) is 0.374. The lowest BCUT2D eigenvalue weighted by atomic mass is 10.1. The SMILES string of the molecule is N=C(N)NOC(=O)[C@@H](N)Cc1ccccc1. The predicted octanol–water partition coefficient (Wildman–Crippen LogP) is -0.502. The molecule has 86 valence electrons. The number of nitrogens with one attached hydrogen (secondary N) is 2. The van der Waals surface area contributed by atoms with E-state index in [0.29, 0.717) is 6.42 Å². The Balaban J connectivity index is 2.43. The molecule has 0 unspecified atom stereocenters. The van der Waals surface area contributed by atoms with Crippen molar-refractivity contribution in [3.05, 3.63) is 35.9 Å². The summed E-state index contributed by atoms with van der Waals surface area (Å²) in [6.45, 7) is 0. The average molecular weight is 222 g/mol. The zero-order chi connectivity index (χ0) is 12.0. The van der Waals surface area contributed by atoms with E-state index >= 15 is 0 Å². The van der Waals surface area contributed by atoms with Crippen LogP contribution in [0.4, 0.5) is 0 Å². The molecule has 1 rings (SSSR count). The second-order valence-electron chi connectivity index (χ2n) is 3.23. The van der Waals surface area contributed by atoms with Gasteiger partial charge in [-0.2, -0.15) is 5.48 Å². The number of nitrogens with two attached hydrogens (primary N) is 2. The molecule has 6 N–H and O–H groups in total. The molecule has 1 aromatic carbocycles. The van der Waals surface area contributed by atoms with Gasteiger partial charge in [-0.1, -0.05) is 30.3 Å². The number of guanidine groups is 1. The Morgan fingerprint density at radius 1 is 1.44 bits per heavy atom. The van der Waals surface area contributed by atoms with E-state index < -0.39 is 18.0 Å². The molecular weight excluding hydrogens is 208 g/mol. The molecule has 0 amide bonds. The molecule has 0 radical (unpaired) electrons. The van der Waals surface area contributed by atoms with E-state index in [0.717, 1.165) is 5.56 Å². The van der Waals surface area contributed by atoms with E-state index in [1.54, 1.807) is 0 Å². The number of carbonyl (C=O) groups excluding carboxylic acids is 1. The number of hydrogen-bond acceptors (Lipinski definition) is 4. The molecule has 6 heteroatoms. The molecule has 0 fully saturated rings. The van der Waals surface area contributed by atoms with E-state index in [2.05, 4.69) is 4.84 Å². The van der Waals surface area contributed by atoms with Gasteiger partial charge in [0.15, 0.2) is 0 Å². The number of rotatable bonds is 3. The molecule has 0 aliphatic heterocycles. The molecule has 0 aliphatic carbocycles. The highest BCUT2D eigenvalue weighted by Crippen LogP contribution is 2.02. The van der Waals surface area contributed by atoms with Gasteiger partial charge in [0.1, 0.15) is 6.04 Å². The molecular formula is C10H14N4O2. The Bertz CT molecular complexity index is 366. The lowest BCUT2D eigenvalue weighted by molar-refractivity contribution is -0.149. The summed E-state index contributed by atoms with van der Waals surface area (Å²) in [5, 5.41) is 6.80. The van der Waals surface area contributed by atoms with Crippen molar-refractivity contribution in [2.45, 2.75) is 12.5 Å². The highest BCUT2D eigenvalue weighted by Gasteiger charge is 2.16. The number of benzene rings is 1. The van der Waals surface area contributed by atoms with Crippen LogP contribution in [0.5, 0.6) is 0 Å². The summed E-state index contributed by atoms with van der Waals surface area (Å²) >= 11 is 0. The Morgan fingerprint density at radius 2 is 2.06 bits per heavy atom. The van der Waals surface area contributed by atoms with E-state index in [9.17, 15) is 4.79 Å². The summed E-state index contributed by atoms with van der Waals surface area (Å²) in [7, 11) is 0. The maximum atomic E-state index is 11.3. The van der Waals surface area contributed by atoms with Gasteiger partial charge < -0.3 is 16.3 Å². The second kappa shape index (κ2) is 5.72. The van der Waals surface area contributed by atoms with Gasteiger partial charge in [-0.05, 0) is 12.0 Å². The first-order chi connectivity index (χ1) is 7.59. The average Bonchev–Trinajstić information content (AvgIpc) is 2.27. The molecule has 6 nitrogen and oxygen atoms in total. The van der Waals surface area contributed by atoms with Crippen LogP contribution in [-0.4, -0.2) is 18.0 Å². The highest BCUT2D eigenvalue weighted by atomic mass is 16.7. The van der Waals surface area contributed by atoms with E-state index in [1.165, 1.54) is 0 Å². The Kier molecular flexibility index (Phi) is 4.28. The van der Waals surface area contributed by atoms with Crippen LogP contribution in [0.2, 0.25) is 0 Å². The third-order valence-electron chi connectivity index (χ3n) is 1.86. The largest absolute Gasteiger partial charge is 0.368 e. The zero-order valence-electron chi connectivity index (χ0n) is 8.64. The van der Waals surface area contributed by atoms with Gasteiger partial charge in [-0.25, -0.2) is 4.79 Å². The van der Waals surface area contributed by atoms with Gasteiger partial charge in [-0.3, -0.25) is 5.41 Å². The minimum Gasteiger partial charge on any atom is -0.368 e. The van der Waals surface area contributed by atoms with Crippen molar-refractivity contribution in [3.63, 3.8) is 0 Å². The first kappa shape index (κ1) is 12.0. The van der Waals surface area contributed by atoms with Gasteiger partial charge in [0.05, 0.1) is 0 Å². The van der Waals surface area contributed by atoms with Crippen molar-refractivity contribution < 1.29 is 9.63 Å². The molecule has 0 aliphatic rings. The lowest BCUT2D eigenvalue weighted by Gasteiger charge is -2.10. The minimum atomic E-state index is -0.783. The summed E-state index contributed by atoms with van der Waals surface area (Å²) in [5.74, 6) is -1.10. The second-order valence-corrected chi connectivity index (χ2v) is 3.23. The van der Waals surface area contributed by atoms with Gasteiger partial charge in [0, 0.05) is 0 Å². The van der Waals surface area contributed by atoms with Crippen molar-refractivity contribution in [1.82, 2.24) is 5.48 Å². The van der Waals surface area contributed by atoms with Crippen LogP contribution in [0.1, 0.15) is 5.56 Å². The van der Waals surface area contributed by atoms with Crippen molar-refractivity contribution >= 4 is 11.9 Å². The fraction of sp³-hybridized carbons (Fsp3) is 0.200. The molecule has 0 heterocycles. The maximum absolute atomic E-state index is 11.3. The van der Waals surface area contributed by atoms with Crippen LogP contribution in [0.3, 0.4) is 0 Å². The highest BCUT2D eigenvalue weighted by molar-refractivity contribution is 5.79. The maximum Gasteiger partial charge on any atom is 0.349 e. The monoisotopic (exact) mass is 222 g/mol. The quantitative estimate of drug-likeness (QED) is 0.312. The third-order valence-corrected chi connectivity index (χ3v) is 1.86. The summed E-state index contributed by atoms with van der Waals surface area (Å²) < 4.78 is 0. The van der Waals surface area contributed by atoms with E-state index in [1.807, 2.05) is 35.8 Å². The van der Waals surface area contributed by atoms with Crippen LogP contribution < -0.4 is 16.9 Å². The Hall–Kier alpha value is -2.08. The fourth-order valence-corrected chi connectivity index (χ4v) is 1.13. The summed E-state index contributed by atoms with van der Waals surface area (Å²) in [5.41, 5.74) is 13.4. The standard InChI is InChI=1S/C10H14N4O2/c11-8(9(15)16-14-10(12)13)6-7-4-2-1-3-5-7/h1-5,8H,6,11H2,(H4,12,13,14)/t8-/m0/s1. The van der Waals surface area contributed by atoms with Gasteiger partial charge in [-0.15, -0.1) is 0 Å². The number of carbonyl (C=O) groups is 1. The van der Waals surface area contributed by atoms with Crippen LogP contribution in [0.15, 0.2) is 30.3 Å². The predicted molar refractivity (Wildman–Crippen MR) is 59.3 cm³/mol. The zero-order valence-corrected chi connectivity index (χ0v) is 8.64. The third kappa shape index (κ3) is 3.97. The van der Waals surface area contributed by atoms with Crippen LogP contribution >= 0.6 is 0 Å². The first-order valence-electron chi connectivity index (χ1n) is 4.70. The molecule has 1 aromatic rings. The fourth-order valence-electron chi connectivity index (χ4n) is 1.13. The molecule has 0 aromatic heterocycles. The van der Waals surface area contributed by atoms with Crippen molar-refractivity contribution in [2.75, 3.05) is 0 Å². The van der Waals surface area contributed by atoms with Crippen LogP contribution in [0.25, 0.3) is 0 Å². The Labute approximate surface area is 93.0 Å². The van der Waals surface area contributed by atoms with Crippen molar-refractivity contribution in [2.24, 2.45) is 11.5 Å². The minimum absolute atomic E-state index is 0.374. The van der Waals surface area contributed by atoms with E-state index in [4.69, 9.17) is 16.9 Å². The smallest absolute Gasteiger partial charge is 0.349 e. The molecule has 0 spiro atoms. The number of hydrogen-bond donors (Lipinski definition) is 4. The number of hydroxylamine groups is 1. The molecule has 16 heavy (non-hydrogen) atoms.